The van der Waals surface area contributed by atoms with Gasteiger partial charge in [-0.1, -0.05) is 89.1 Å². The number of carbonyl (C=O) groups is 1. The zero-order valence-electron chi connectivity index (χ0n) is 24.2. The largest absolute Gasteiger partial charge is 0.487 e. The van der Waals surface area contributed by atoms with Gasteiger partial charge in [0.25, 0.3) is 5.56 Å². The SMILES string of the molecule is CCOC(=O)C1=C(c2ccccc2)N=c2s/c(=C\c3cc(I)c(OCc4ccc(Cl)cc4)c(I)c3)c(=O)n2[C@H]1c1ccc(Cl)cc1. The molecule has 0 saturated heterocycles. The highest BCUT2D eigenvalue weighted by Crippen LogP contribution is 2.36. The van der Waals surface area contributed by atoms with Gasteiger partial charge in [0.15, 0.2) is 4.80 Å². The minimum atomic E-state index is -0.770. The van der Waals surface area contributed by atoms with Gasteiger partial charge in [0.2, 0.25) is 0 Å². The number of benzene rings is 4. The summed E-state index contributed by atoms with van der Waals surface area (Å²) in [7, 11) is 0. The molecule has 0 spiro atoms. The first-order chi connectivity index (χ1) is 22.2. The Morgan fingerprint density at radius 2 is 1.59 bits per heavy atom. The van der Waals surface area contributed by atoms with Crippen LogP contribution in [0.2, 0.25) is 10.0 Å². The summed E-state index contributed by atoms with van der Waals surface area (Å²) in [5.74, 6) is 0.238. The number of carbonyl (C=O) groups excluding carboxylic acids is 1. The van der Waals surface area contributed by atoms with Crippen molar-refractivity contribution >= 4 is 97.5 Å². The van der Waals surface area contributed by atoms with Crippen molar-refractivity contribution in [3.8, 4) is 5.75 Å². The maximum absolute atomic E-state index is 14.2. The minimum absolute atomic E-state index is 0.179. The van der Waals surface area contributed by atoms with Crippen molar-refractivity contribution in [1.82, 2.24) is 4.57 Å². The topological polar surface area (TPSA) is 69.9 Å². The van der Waals surface area contributed by atoms with Crippen LogP contribution >= 0.6 is 79.7 Å². The third kappa shape index (κ3) is 6.98. The Morgan fingerprint density at radius 1 is 0.957 bits per heavy atom. The predicted molar refractivity (Wildman–Crippen MR) is 200 cm³/mol. The molecule has 1 atom stereocenters. The monoisotopic (exact) mass is 892 g/mol. The normalized spacial score (nSPS) is 14.5. The predicted octanol–water partition coefficient (Wildman–Crippen LogP) is 8.03. The smallest absolute Gasteiger partial charge is 0.338 e. The quantitative estimate of drug-likeness (QED) is 0.117. The third-order valence-corrected chi connectivity index (χ3v) is 10.3. The highest BCUT2D eigenvalue weighted by atomic mass is 127. The maximum atomic E-state index is 14.2. The van der Waals surface area contributed by atoms with Crippen molar-refractivity contribution in [3.63, 3.8) is 0 Å². The van der Waals surface area contributed by atoms with Crippen LogP contribution in [-0.2, 0) is 16.1 Å². The van der Waals surface area contributed by atoms with Gasteiger partial charge in [-0.3, -0.25) is 9.36 Å². The summed E-state index contributed by atoms with van der Waals surface area (Å²) in [6.07, 6.45) is 1.85. The number of rotatable bonds is 8. The number of fused-ring (bicyclic) bond motifs is 1. The summed E-state index contributed by atoms with van der Waals surface area (Å²) in [6, 6.07) is 27.3. The Bertz CT molecular complexity index is 2120. The summed E-state index contributed by atoms with van der Waals surface area (Å²) < 4.78 is 15.6. The van der Waals surface area contributed by atoms with Crippen molar-refractivity contribution in [2.45, 2.75) is 19.6 Å². The molecule has 0 fully saturated rings. The summed E-state index contributed by atoms with van der Waals surface area (Å²) >= 11 is 18.0. The van der Waals surface area contributed by atoms with E-state index in [2.05, 4.69) is 45.2 Å². The fourth-order valence-corrected chi connectivity index (χ4v) is 8.47. The van der Waals surface area contributed by atoms with Gasteiger partial charge in [0.05, 0.1) is 35.6 Å². The molecule has 0 aliphatic carbocycles. The molecule has 2 heterocycles. The molecular weight excluding hydrogens is 869 g/mol. The van der Waals surface area contributed by atoms with E-state index in [-0.39, 0.29) is 12.2 Å². The molecule has 0 unspecified atom stereocenters. The van der Waals surface area contributed by atoms with Gasteiger partial charge >= 0.3 is 5.97 Å². The third-order valence-electron chi connectivity index (χ3n) is 7.17. The number of thiazole rings is 1. The molecule has 4 aromatic carbocycles. The van der Waals surface area contributed by atoms with E-state index in [1.54, 1.807) is 23.6 Å². The van der Waals surface area contributed by atoms with Crippen molar-refractivity contribution in [3.05, 3.63) is 156 Å². The van der Waals surface area contributed by atoms with Crippen LogP contribution in [0.4, 0.5) is 0 Å². The molecule has 1 aliphatic rings. The number of ether oxygens (including phenoxy) is 2. The number of hydrogen-bond acceptors (Lipinski definition) is 6. The fourth-order valence-electron chi connectivity index (χ4n) is 5.09. The Hall–Kier alpha value is -2.97. The van der Waals surface area contributed by atoms with Crippen LogP contribution in [0.1, 0.15) is 35.2 Å². The molecular formula is C35H24Cl2I2N2O4S. The van der Waals surface area contributed by atoms with Crippen molar-refractivity contribution in [2.24, 2.45) is 4.99 Å². The zero-order valence-corrected chi connectivity index (χ0v) is 30.8. The van der Waals surface area contributed by atoms with Crippen molar-refractivity contribution in [2.75, 3.05) is 6.61 Å². The molecule has 46 heavy (non-hydrogen) atoms. The van der Waals surface area contributed by atoms with Crippen LogP contribution < -0.4 is 19.6 Å². The molecule has 5 aromatic rings. The number of aromatic nitrogens is 1. The lowest BCUT2D eigenvalue weighted by atomic mass is 9.93. The summed E-state index contributed by atoms with van der Waals surface area (Å²) in [5, 5.41) is 1.22. The van der Waals surface area contributed by atoms with E-state index in [4.69, 9.17) is 37.7 Å². The standard InChI is InChI=1S/C35H24Cl2I2N2O4S/c1-2-44-34(43)29-30(22-6-4-3-5-7-22)40-35-41(31(29)23-10-14-25(37)15-11-23)33(42)28(46-35)18-21-16-26(38)32(27(39)17-21)45-19-20-8-12-24(36)13-9-20/h3-18,31H,2,19H2,1H3/b28-18-/t31-/m0/s1. The van der Waals surface area contributed by atoms with Crippen LogP contribution in [0.5, 0.6) is 5.75 Å². The molecule has 0 amide bonds. The van der Waals surface area contributed by atoms with E-state index in [0.29, 0.717) is 37.3 Å². The van der Waals surface area contributed by atoms with E-state index in [0.717, 1.165) is 35.1 Å². The molecule has 0 saturated carbocycles. The first-order valence-corrected chi connectivity index (χ1v) is 17.9. The van der Waals surface area contributed by atoms with Crippen LogP contribution in [0, 0.1) is 7.14 Å². The van der Waals surface area contributed by atoms with Gasteiger partial charge in [-0.2, -0.15) is 0 Å². The van der Waals surface area contributed by atoms with Gasteiger partial charge < -0.3 is 9.47 Å². The lowest BCUT2D eigenvalue weighted by molar-refractivity contribution is -0.138. The molecule has 1 aliphatic heterocycles. The molecule has 232 valence electrons. The Labute approximate surface area is 306 Å². The summed E-state index contributed by atoms with van der Waals surface area (Å²) in [5.41, 5.74) is 3.82. The van der Waals surface area contributed by atoms with E-state index < -0.39 is 12.0 Å². The van der Waals surface area contributed by atoms with Crippen LogP contribution in [0.3, 0.4) is 0 Å². The van der Waals surface area contributed by atoms with E-state index >= 15 is 0 Å². The van der Waals surface area contributed by atoms with E-state index in [1.165, 1.54) is 11.3 Å². The molecule has 6 rings (SSSR count). The average Bonchev–Trinajstić information content (AvgIpc) is 3.35. The Morgan fingerprint density at radius 3 is 2.22 bits per heavy atom. The lowest BCUT2D eigenvalue weighted by Gasteiger charge is -2.25. The second-order valence-electron chi connectivity index (χ2n) is 10.2. The first-order valence-electron chi connectivity index (χ1n) is 14.1. The van der Waals surface area contributed by atoms with Crippen LogP contribution in [-0.4, -0.2) is 17.1 Å². The molecule has 0 N–H and O–H groups in total. The van der Waals surface area contributed by atoms with E-state index in [9.17, 15) is 9.59 Å². The summed E-state index contributed by atoms with van der Waals surface area (Å²) in [4.78, 5) is 33.2. The molecule has 11 heteroatoms. The maximum Gasteiger partial charge on any atom is 0.338 e. The summed E-state index contributed by atoms with van der Waals surface area (Å²) in [6.45, 7) is 2.33. The van der Waals surface area contributed by atoms with Crippen molar-refractivity contribution in [1.29, 1.82) is 0 Å². The number of hydrogen-bond donors (Lipinski definition) is 0. The van der Waals surface area contributed by atoms with E-state index in [1.807, 2.05) is 84.9 Å². The molecule has 1 aromatic heterocycles. The number of halogens is 4. The number of nitrogens with zero attached hydrogens (tertiary/aromatic N) is 2. The van der Waals surface area contributed by atoms with Crippen LogP contribution in [0.25, 0.3) is 11.8 Å². The zero-order chi connectivity index (χ0) is 32.4. The highest BCUT2D eigenvalue weighted by Gasteiger charge is 2.35. The van der Waals surface area contributed by atoms with Gasteiger partial charge in [-0.05, 0) is 111 Å². The average molecular weight is 893 g/mol. The number of esters is 1. The molecule has 0 radical (unpaired) electrons. The second kappa shape index (κ2) is 14.4. The van der Waals surface area contributed by atoms with Crippen LogP contribution in [0.15, 0.2) is 106 Å². The lowest BCUT2D eigenvalue weighted by Crippen LogP contribution is -2.40. The first kappa shape index (κ1) is 33.0. The van der Waals surface area contributed by atoms with Gasteiger partial charge in [-0.25, -0.2) is 9.79 Å². The Kier molecular flexibility index (Phi) is 10.3. The molecule has 0 bridgehead atoms. The Balaban J connectivity index is 1.47. The highest BCUT2D eigenvalue weighted by molar-refractivity contribution is 14.1. The van der Waals surface area contributed by atoms with Gasteiger partial charge in [0.1, 0.15) is 12.4 Å². The second-order valence-corrected chi connectivity index (χ2v) is 14.4. The molecule has 6 nitrogen and oxygen atoms in total. The minimum Gasteiger partial charge on any atom is -0.487 e. The van der Waals surface area contributed by atoms with Gasteiger partial charge in [-0.15, -0.1) is 0 Å². The fraction of sp³-hybridized carbons (Fsp3) is 0.114. The van der Waals surface area contributed by atoms with Crippen molar-refractivity contribution < 1.29 is 14.3 Å². The van der Waals surface area contributed by atoms with Gasteiger partial charge in [0, 0.05) is 15.6 Å².